The van der Waals surface area contributed by atoms with Crippen molar-refractivity contribution in [3.05, 3.63) is 64.8 Å². The maximum absolute atomic E-state index is 13.0. The first-order valence-corrected chi connectivity index (χ1v) is 11.1. The number of hydrogen-bond donors (Lipinski definition) is 1. The number of methoxy groups -OCH3 is 2. The van der Waals surface area contributed by atoms with Gasteiger partial charge in [-0.25, -0.2) is 4.98 Å². The Hall–Kier alpha value is -3.32. The fourth-order valence-electron chi connectivity index (χ4n) is 4.14. The van der Waals surface area contributed by atoms with E-state index in [1.165, 1.54) is 28.0 Å². The van der Waals surface area contributed by atoms with Crippen molar-refractivity contribution in [1.82, 2.24) is 14.9 Å². The molecule has 1 aliphatic heterocycles. The molecular formula is C24H23N3O3S. The number of nitrogens with one attached hydrogen (secondary N) is 1. The number of thiazole rings is 1. The molecule has 0 spiro atoms. The predicted octanol–water partition coefficient (Wildman–Crippen LogP) is 4.44. The van der Waals surface area contributed by atoms with Gasteiger partial charge < -0.3 is 19.4 Å². The van der Waals surface area contributed by atoms with Crippen LogP contribution in [0.25, 0.3) is 21.5 Å². The molecule has 2 aromatic carbocycles. The molecule has 1 amide bonds. The minimum Gasteiger partial charge on any atom is -0.493 e. The van der Waals surface area contributed by atoms with E-state index in [4.69, 9.17) is 14.5 Å². The Morgan fingerprint density at radius 2 is 2.00 bits per heavy atom. The van der Waals surface area contributed by atoms with E-state index < -0.39 is 0 Å². The van der Waals surface area contributed by atoms with Crippen LogP contribution in [0, 0.1) is 0 Å². The van der Waals surface area contributed by atoms with Gasteiger partial charge in [0.1, 0.15) is 5.01 Å². The van der Waals surface area contributed by atoms with Crippen LogP contribution in [0.15, 0.2) is 47.8 Å². The number of para-hydroxylation sites is 1. The van der Waals surface area contributed by atoms with Crippen molar-refractivity contribution < 1.29 is 14.3 Å². The summed E-state index contributed by atoms with van der Waals surface area (Å²) in [5, 5.41) is 4.03. The Balaban J connectivity index is 1.31. The third kappa shape index (κ3) is 3.65. The van der Waals surface area contributed by atoms with Gasteiger partial charge in [0, 0.05) is 52.6 Å². The van der Waals surface area contributed by atoms with Gasteiger partial charge in [-0.2, -0.15) is 0 Å². The lowest BCUT2D eigenvalue weighted by atomic mass is 10.0. The zero-order valence-corrected chi connectivity index (χ0v) is 18.3. The summed E-state index contributed by atoms with van der Waals surface area (Å²) in [6.07, 6.45) is 1.16. The van der Waals surface area contributed by atoms with Crippen LogP contribution in [0.1, 0.15) is 17.0 Å². The quantitative estimate of drug-likeness (QED) is 0.505. The molecule has 1 N–H and O–H groups in total. The number of nitrogens with zero attached hydrogens (tertiary/aromatic N) is 2. The highest BCUT2D eigenvalue weighted by Gasteiger charge is 2.24. The number of amides is 1. The fourth-order valence-corrected chi connectivity index (χ4v) is 4.95. The van der Waals surface area contributed by atoms with Crippen LogP contribution in [0.5, 0.6) is 11.5 Å². The minimum atomic E-state index is 0.111. The van der Waals surface area contributed by atoms with Crippen LogP contribution in [0.4, 0.5) is 0 Å². The molecule has 0 atom stereocenters. The molecule has 3 heterocycles. The molecule has 5 rings (SSSR count). The highest BCUT2D eigenvalue weighted by molar-refractivity contribution is 7.13. The molecule has 4 aromatic rings. The SMILES string of the molecule is COc1ccc(-c2nc(CC(=O)N3CCc4[nH]c5ccccc5c4C3)cs2)cc1OC. The minimum absolute atomic E-state index is 0.111. The second kappa shape index (κ2) is 8.07. The van der Waals surface area contributed by atoms with Crippen molar-refractivity contribution in [3.8, 4) is 22.1 Å². The van der Waals surface area contributed by atoms with Gasteiger partial charge in [-0.05, 0) is 24.3 Å². The van der Waals surface area contributed by atoms with Crippen molar-refractivity contribution in [2.45, 2.75) is 19.4 Å². The van der Waals surface area contributed by atoms with Crippen LogP contribution in [-0.4, -0.2) is 41.5 Å². The first kappa shape index (κ1) is 19.6. The lowest BCUT2D eigenvalue weighted by Gasteiger charge is -2.27. The summed E-state index contributed by atoms with van der Waals surface area (Å²) >= 11 is 1.53. The number of fused-ring (bicyclic) bond motifs is 3. The number of carbonyl (C=O) groups excluding carboxylic acids is 1. The fraction of sp³-hybridized carbons (Fsp3) is 0.250. The third-order valence-corrected chi connectivity index (χ3v) is 6.69. The second-order valence-corrected chi connectivity index (χ2v) is 8.44. The number of carbonyl (C=O) groups is 1. The number of rotatable bonds is 5. The van der Waals surface area contributed by atoms with E-state index in [0.29, 0.717) is 24.5 Å². The molecule has 158 valence electrons. The van der Waals surface area contributed by atoms with Crippen LogP contribution >= 0.6 is 11.3 Å². The van der Waals surface area contributed by atoms with Crippen molar-refractivity contribution in [2.75, 3.05) is 20.8 Å². The summed E-state index contributed by atoms with van der Waals surface area (Å²) in [5.41, 5.74) is 5.36. The highest BCUT2D eigenvalue weighted by Crippen LogP contribution is 2.34. The van der Waals surface area contributed by atoms with Crippen LogP contribution in [0.2, 0.25) is 0 Å². The summed E-state index contributed by atoms with van der Waals surface area (Å²) in [6, 6.07) is 14.0. The molecule has 31 heavy (non-hydrogen) atoms. The molecule has 0 saturated carbocycles. The lowest BCUT2D eigenvalue weighted by molar-refractivity contribution is -0.131. The zero-order valence-electron chi connectivity index (χ0n) is 17.5. The molecule has 0 radical (unpaired) electrons. The van der Waals surface area contributed by atoms with Crippen molar-refractivity contribution in [1.29, 1.82) is 0 Å². The summed E-state index contributed by atoms with van der Waals surface area (Å²) in [7, 11) is 3.23. The second-order valence-electron chi connectivity index (χ2n) is 7.58. The Morgan fingerprint density at radius 1 is 1.16 bits per heavy atom. The Bertz CT molecular complexity index is 1260. The Kier molecular flexibility index (Phi) is 5.11. The predicted molar refractivity (Wildman–Crippen MR) is 122 cm³/mol. The van der Waals surface area contributed by atoms with Gasteiger partial charge >= 0.3 is 0 Å². The van der Waals surface area contributed by atoms with Crippen molar-refractivity contribution in [3.63, 3.8) is 0 Å². The Labute approximate surface area is 184 Å². The van der Waals surface area contributed by atoms with Gasteiger partial charge in [0.05, 0.1) is 26.3 Å². The van der Waals surface area contributed by atoms with Crippen molar-refractivity contribution in [2.24, 2.45) is 0 Å². The number of aromatic nitrogens is 2. The largest absolute Gasteiger partial charge is 0.493 e. The standard InChI is InChI=1S/C24H23N3O3S/c1-29-21-8-7-15(11-22(21)30-2)24-25-16(14-31-24)12-23(28)27-10-9-20-18(13-27)17-5-3-4-6-19(17)26-20/h3-8,11,14,26H,9-10,12-13H2,1-2H3. The average molecular weight is 434 g/mol. The summed E-state index contributed by atoms with van der Waals surface area (Å²) in [6.45, 7) is 1.37. The van der Waals surface area contributed by atoms with E-state index in [-0.39, 0.29) is 5.91 Å². The van der Waals surface area contributed by atoms with Gasteiger partial charge in [0.2, 0.25) is 5.91 Å². The zero-order chi connectivity index (χ0) is 21.4. The number of H-pyrrole nitrogens is 1. The summed E-state index contributed by atoms with van der Waals surface area (Å²) < 4.78 is 10.7. The molecule has 0 saturated heterocycles. The average Bonchev–Trinajstić information content (AvgIpc) is 3.42. The van der Waals surface area contributed by atoms with E-state index in [1.807, 2.05) is 40.6 Å². The molecule has 7 heteroatoms. The van der Waals surface area contributed by atoms with E-state index in [1.54, 1.807) is 14.2 Å². The van der Waals surface area contributed by atoms with E-state index in [9.17, 15) is 4.79 Å². The van der Waals surface area contributed by atoms with Gasteiger partial charge in [-0.1, -0.05) is 18.2 Å². The third-order valence-electron chi connectivity index (χ3n) is 5.75. The highest BCUT2D eigenvalue weighted by atomic mass is 32.1. The van der Waals surface area contributed by atoms with E-state index >= 15 is 0 Å². The Morgan fingerprint density at radius 3 is 2.84 bits per heavy atom. The maximum atomic E-state index is 13.0. The van der Waals surface area contributed by atoms with Gasteiger partial charge in [0.15, 0.2) is 11.5 Å². The molecule has 2 aromatic heterocycles. The van der Waals surface area contributed by atoms with Gasteiger partial charge in [0.25, 0.3) is 0 Å². The van der Waals surface area contributed by atoms with E-state index in [0.717, 1.165) is 34.7 Å². The molecule has 6 nitrogen and oxygen atoms in total. The molecule has 0 fully saturated rings. The first-order chi connectivity index (χ1) is 15.2. The normalized spacial score (nSPS) is 13.3. The summed E-state index contributed by atoms with van der Waals surface area (Å²) in [5.74, 6) is 1.45. The van der Waals surface area contributed by atoms with E-state index in [2.05, 4.69) is 17.1 Å². The summed E-state index contributed by atoms with van der Waals surface area (Å²) in [4.78, 5) is 23.1. The number of aromatic amines is 1. The smallest absolute Gasteiger partial charge is 0.228 e. The van der Waals surface area contributed by atoms with Crippen LogP contribution in [0.3, 0.4) is 0 Å². The number of ether oxygens (including phenoxy) is 2. The molecule has 1 aliphatic rings. The molecule has 0 bridgehead atoms. The first-order valence-electron chi connectivity index (χ1n) is 10.2. The van der Waals surface area contributed by atoms with Gasteiger partial charge in [-0.3, -0.25) is 4.79 Å². The topological polar surface area (TPSA) is 67.5 Å². The lowest BCUT2D eigenvalue weighted by Crippen LogP contribution is -2.36. The number of hydrogen-bond acceptors (Lipinski definition) is 5. The van der Waals surface area contributed by atoms with Crippen LogP contribution in [-0.2, 0) is 24.2 Å². The maximum Gasteiger partial charge on any atom is 0.228 e. The number of benzene rings is 2. The van der Waals surface area contributed by atoms with Crippen LogP contribution < -0.4 is 9.47 Å². The monoisotopic (exact) mass is 433 g/mol. The molecule has 0 unspecified atom stereocenters. The van der Waals surface area contributed by atoms with Gasteiger partial charge in [-0.15, -0.1) is 11.3 Å². The van der Waals surface area contributed by atoms with Crippen molar-refractivity contribution >= 4 is 28.1 Å². The molecular weight excluding hydrogens is 410 g/mol. The molecule has 0 aliphatic carbocycles.